The predicted molar refractivity (Wildman–Crippen MR) is 47.3 cm³/mol. The van der Waals surface area contributed by atoms with E-state index < -0.39 is 0 Å². The summed E-state index contributed by atoms with van der Waals surface area (Å²) in [7, 11) is 0. The van der Waals surface area contributed by atoms with Crippen molar-refractivity contribution in [2.24, 2.45) is 11.8 Å². The van der Waals surface area contributed by atoms with Crippen LogP contribution in [-0.2, 0) is 17.6 Å². The predicted octanol–water partition coefficient (Wildman–Crippen LogP) is 1.97. The Morgan fingerprint density at radius 1 is 1.08 bits per heavy atom. The summed E-state index contributed by atoms with van der Waals surface area (Å²) in [4.78, 5) is 11.7. The van der Waals surface area contributed by atoms with Gasteiger partial charge in [-0.05, 0) is 36.8 Å². The monoisotopic (exact) mass is 176 g/mol. The topological polar surface area (TPSA) is 30.2 Å². The molecule has 0 aliphatic heterocycles. The minimum absolute atomic E-state index is 0.295. The summed E-state index contributed by atoms with van der Waals surface area (Å²) in [6, 6.07) is 0. The molecule has 1 fully saturated rings. The number of hydrogen-bond acceptors (Lipinski definition) is 2. The molecule has 1 saturated carbocycles. The Morgan fingerprint density at radius 2 is 1.62 bits per heavy atom. The van der Waals surface area contributed by atoms with Crippen LogP contribution >= 0.6 is 0 Å². The maximum atomic E-state index is 11.7. The summed E-state index contributed by atoms with van der Waals surface area (Å²) >= 11 is 0. The molecular weight excluding hydrogens is 164 g/mol. The zero-order valence-electron chi connectivity index (χ0n) is 7.45. The van der Waals surface area contributed by atoms with Gasteiger partial charge in [-0.25, -0.2) is 0 Å². The molecule has 2 bridgehead atoms. The quantitative estimate of drug-likeness (QED) is 0.605. The molecule has 1 aromatic heterocycles. The first-order valence-corrected chi connectivity index (χ1v) is 4.92. The van der Waals surface area contributed by atoms with Crippen molar-refractivity contribution in [2.75, 3.05) is 0 Å². The molecule has 0 radical (unpaired) electrons. The van der Waals surface area contributed by atoms with Gasteiger partial charge in [0.1, 0.15) is 5.78 Å². The van der Waals surface area contributed by atoms with Crippen molar-refractivity contribution in [3.8, 4) is 0 Å². The molecule has 2 nitrogen and oxygen atoms in total. The van der Waals surface area contributed by atoms with Crippen molar-refractivity contribution in [3.63, 3.8) is 0 Å². The highest BCUT2D eigenvalue weighted by Crippen LogP contribution is 2.37. The van der Waals surface area contributed by atoms with E-state index >= 15 is 0 Å². The minimum Gasteiger partial charge on any atom is -0.472 e. The Morgan fingerprint density at radius 3 is 2.15 bits per heavy atom. The average molecular weight is 176 g/mol. The SMILES string of the molecule is O=C1[C@@H]2CC[C@H]1Cc1cocc1C2. The second kappa shape index (κ2) is 2.47. The lowest BCUT2D eigenvalue weighted by Crippen LogP contribution is -2.13. The molecule has 0 saturated heterocycles. The Balaban J connectivity index is 2.04. The van der Waals surface area contributed by atoms with Crippen LogP contribution in [0, 0.1) is 11.8 Å². The average Bonchev–Trinajstić information content (AvgIpc) is 2.60. The molecule has 3 rings (SSSR count). The van der Waals surface area contributed by atoms with E-state index in [1.54, 1.807) is 0 Å². The number of furan rings is 1. The third-order valence-electron chi connectivity index (χ3n) is 3.43. The van der Waals surface area contributed by atoms with Gasteiger partial charge in [-0.3, -0.25) is 4.79 Å². The van der Waals surface area contributed by atoms with Crippen LogP contribution in [0.3, 0.4) is 0 Å². The smallest absolute Gasteiger partial charge is 0.139 e. The standard InChI is InChI=1S/C11H12O2/c12-11-7-1-2-8(11)4-10-6-13-5-9(10)3-7/h5-8H,1-4H2/t7-,8+. The summed E-state index contributed by atoms with van der Waals surface area (Å²) in [6.45, 7) is 0. The van der Waals surface area contributed by atoms with Crippen molar-refractivity contribution >= 4 is 5.78 Å². The lowest BCUT2D eigenvalue weighted by Gasteiger charge is -2.04. The number of hydrogen-bond donors (Lipinski definition) is 0. The van der Waals surface area contributed by atoms with Gasteiger partial charge in [0.25, 0.3) is 0 Å². The van der Waals surface area contributed by atoms with Gasteiger partial charge in [-0.15, -0.1) is 0 Å². The van der Waals surface area contributed by atoms with Gasteiger partial charge >= 0.3 is 0 Å². The van der Waals surface area contributed by atoms with E-state index in [1.165, 1.54) is 11.1 Å². The highest BCUT2D eigenvalue weighted by atomic mass is 16.3. The molecular formula is C11H12O2. The molecule has 0 aromatic carbocycles. The van der Waals surface area contributed by atoms with Gasteiger partial charge in [0.05, 0.1) is 12.5 Å². The maximum Gasteiger partial charge on any atom is 0.139 e. The van der Waals surface area contributed by atoms with Crippen molar-refractivity contribution < 1.29 is 9.21 Å². The summed E-state index contributed by atoms with van der Waals surface area (Å²) < 4.78 is 5.17. The lowest BCUT2D eigenvalue weighted by atomic mass is 9.97. The van der Waals surface area contributed by atoms with Gasteiger partial charge in [-0.2, -0.15) is 0 Å². The Bertz CT molecular complexity index is 320. The molecule has 2 heteroatoms. The van der Waals surface area contributed by atoms with E-state index in [0.29, 0.717) is 17.6 Å². The van der Waals surface area contributed by atoms with Crippen molar-refractivity contribution in [1.82, 2.24) is 0 Å². The zero-order valence-corrected chi connectivity index (χ0v) is 7.45. The Labute approximate surface area is 76.9 Å². The number of rotatable bonds is 0. The van der Waals surface area contributed by atoms with Gasteiger partial charge in [-0.1, -0.05) is 0 Å². The molecule has 68 valence electrons. The Kier molecular flexibility index (Phi) is 1.40. The number of carbonyl (C=O) groups is 1. The molecule has 2 atom stereocenters. The maximum absolute atomic E-state index is 11.7. The highest BCUT2D eigenvalue weighted by Gasteiger charge is 2.37. The van der Waals surface area contributed by atoms with Crippen molar-refractivity contribution in [1.29, 1.82) is 0 Å². The first-order chi connectivity index (χ1) is 6.34. The van der Waals surface area contributed by atoms with Crippen LogP contribution in [0.2, 0.25) is 0 Å². The second-order valence-electron chi connectivity index (χ2n) is 4.20. The second-order valence-corrected chi connectivity index (χ2v) is 4.20. The highest BCUT2D eigenvalue weighted by molar-refractivity contribution is 5.86. The lowest BCUT2D eigenvalue weighted by molar-refractivity contribution is -0.123. The minimum atomic E-state index is 0.295. The van der Waals surface area contributed by atoms with Crippen LogP contribution in [0.15, 0.2) is 16.9 Å². The van der Waals surface area contributed by atoms with Crippen LogP contribution in [0.4, 0.5) is 0 Å². The summed E-state index contributed by atoms with van der Waals surface area (Å²) in [5.41, 5.74) is 2.53. The van der Waals surface area contributed by atoms with Crippen LogP contribution in [0.25, 0.3) is 0 Å². The fraction of sp³-hybridized carbons (Fsp3) is 0.545. The number of ketones is 1. The van der Waals surface area contributed by atoms with E-state index in [2.05, 4.69) is 0 Å². The molecule has 0 N–H and O–H groups in total. The first kappa shape index (κ1) is 7.36. The number of fused-ring (bicyclic) bond motifs is 3. The van der Waals surface area contributed by atoms with E-state index in [-0.39, 0.29) is 0 Å². The van der Waals surface area contributed by atoms with Crippen LogP contribution in [0.5, 0.6) is 0 Å². The molecule has 0 amide bonds. The van der Waals surface area contributed by atoms with Crippen molar-refractivity contribution in [2.45, 2.75) is 25.7 Å². The van der Waals surface area contributed by atoms with Crippen LogP contribution in [-0.4, -0.2) is 5.78 Å². The van der Waals surface area contributed by atoms with Crippen molar-refractivity contribution in [3.05, 3.63) is 23.7 Å². The van der Waals surface area contributed by atoms with Gasteiger partial charge < -0.3 is 4.42 Å². The van der Waals surface area contributed by atoms with E-state index in [4.69, 9.17) is 4.42 Å². The fourth-order valence-corrected chi connectivity index (χ4v) is 2.66. The molecule has 1 aromatic rings. The zero-order chi connectivity index (χ0) is 8.84. The molecule has 0 spiro atoms. The Hall–Kier alpha value is -1.05. The van der Waals surface area contributed by atoms with E-state index in [1.807, 2.05) is 12.5 Å². The van der Waals surface area contributed by atoms with Crippen LogP contribution in [0.1, 0.15) is 24.0 Å². The number of Topliss-reactive ketones (excluding diaryl/α,β-unsaturated/α-hetero) is 1. The summed E-state index contributed by atoms with van der Waals surface area (Å²) in [6.07, 6.45) is 7.64. The van der Waals surface area contributed by atoms with Gasteiger partial charge in [0, 0.05) is 11.8 Å². The van der Waals surface area contributed by atoms with Gasteiger partial charge in [0.15, 0.2) is 0 Å². The normalized spacial score (nSPS) is 31.5. The largest absolute Gasteiger partial charge is 0.472 e. The third-order valence-corrected chi connectivity index (χ3v) is 3.43. The molecule has 2 aliphatic rings. The van der Waals surface area contributed by atoms with Gasteiger partial charge in [0.2, 0.25) is 0 Å². The van der Waals surface area contributed by atoms with Crippen LogP contribution < -0.4 is 0 Å². The number of carbonyl (C=O) groups excluding carboxylic acids is 1. The third kappa shape index (κ3) is 0.978. The molecule has 2 aliphatic carbocycles. The summed E-state index contributed by atoms with van der Waals surface area (Å²) in [5.74, 6) is 1.09. The van der Waals surface area contributed by atoms with E-state index in [0.717, 1.165) is 25.7 Å². The molecule has 13 heavy (non-hydrogen) atoms. The molecule has 0 unspecified atom stereocenters. The first-order valence-electron chi connectivity index (χ1n) is 4.92. The summed E-state index contributed by atoms with van der Waals surface area (Å²) in [5, 5.41) is 0. The van der Waals surface area contributed by atoms with E-state index in [9.17, 15) is 4.79 Å². The fourth-order valence-electron chi connectivity index (χ4n) is 2.66. The molecule has 1 heterocycles.